The van der Waals surface area contributed by atoms with Gasteiger partial charge in [0, 0.05) is 12.1 Å². The Bertz CT molecular complexity index is 240. The summed E-state index contributed by atoms with van der Waals surface area (Å²) < 4.78 is 0. The largest absolute Gasteiger partial charge is 0.481 e. The van der Waals surface area contributed by atoms with E-state index in [0.29, 0.717) is 0 Å². The predicted molar refractivity (Wildman–Crippen MR) is 51.9 cm³/mol. The van der Waals surface area contributed by atoms with Crippen molar-refractivity contribution in [3.05, 3.63) is 0 Å². The van der Waals surface area contributed by atoms with Crippen LogP contribution in [0.4, 0.5) is 0 Å². The number of nitrogens with zero attached hydrogens (tertiary/aromatic N) is 1. The third-order valence-corrected chi connectivity index (χ3v) is 2.85. The molecule has 0 aromatic heterocycles. The monoisotopic (exact) mass is 199 g/mol. The Morgan fingerprint density at radius 2 is 2.07 bits per heavy atom. The minimum absolute atomic E-state index is 0.201. The van der Waals surface area contributed by atoms with Crippen LogP contribution in [0.3, 0.4) is 0 Å². The van der Waals surface area contributed by atoms with E-state index in [-0.39, 0.29) is 24.4 Å². The normalized spacial score (nSPS) is 26.6. The van der Waals surface area contributed by atoms with Gasteiger partial charge >= 0.3 is 5.97 Å². The summed E-state index contributed by atoms with van der Waals surface area (Å²) in [6.07, 6.45) is 2.53. The first-order valence-electron chi connectivity index (χ1n) is 5.09. The molecule has 1 amide bonds. The number of hydrogen-bond donors (Lipinski definition) is 1. The Morgan fingerprint density at radius 3 is 2.57 bits per heavy atom. The third kappa shape index (κ3) is 2.25. The summed E-state index contributed by atoms with van der Waals surface area (Å²) in [5.74, 6) is -1.28. The van der Waals surface area contributed by atoms with Gasteiger partial charge < -0.3 is 10.0 Å². The van der Waals surface area contributed by atoms with E-state index in [1.807, 2.05) is 13.8 Å². The zero-order chi connectivity index (χ0) is 10.7. The lowest BCUT2D eigenvalue weighted by atomic mass is 10.1. The van der Waals surface area contributed by atoms with E-state index in [1.165, 1.54) is 0 Å². The lowest BCUT2D eigenvalue weighted by Gasteiger charge is -2.27. The number of aliphatic carboxylic acids is 1. The van der Waals surface area contributed by atoms with Crippen LogP contribution in [0, 0.1) is 0 Å². The van der Waals surface area contributed by atoms with Crippen molar-refractivity contribution in [3.8, 4) is 0 Å². The van der Waals surface area contributed by atoms with Gasteiger partial charge in [0.05, 0.1) is 0 Å². The van der Waals surface area contributed by atoms with Gasteiger partial charge in [-0.3, -0.25) is 9.59 Å². The summed E-state index contributed by atoms with van der Waals surface area (Å²) in [6.45, 7) is 4.01. The average Bonchev–Trinajstić information content (AvgIpc) is 2.45. The van der Waals surface area contributed by atoms with Gasteiger partial charge in [-0.15, -0.1) is 0 Å². The van der Waals surface area contributed by atoms with Crippen molar-refractivity contribution >= 4 is 11.9 Å². The van der Waals surface area contributed by atoms with Gasteiger partial charge in [-0.2, -0.15) is 0 Å². The van der Waals surface area contributed by atoms with Gasteiger partial charge in [-0.1, -0.05) is 6.92 Å². The first kappa shape index (κ1) is 11.0. The van der Waals surface area contributed by atoms with Gasteiger partial charge in [0.15, 0.2) is 0 Å². The number of likely N-dealkylation sites (tertiary alicyclic amines) is 1. The first-order chi connectivity index (χ1) is 6.56. The number of carboxylic acid groups (broad SMARTS) is 1. The van der Waals surface area contributed by atoms with E-state index in [0.717, 1.165) is 19.3 Å². The van der Waals surface area contributed by atoms with Crippen LogP contribution in [0.5, 0.6) is 0 Å². The maximum Gasteiger partial charge on any atom is 0.312 e. The molecule has 0 aliphatic carbocycles. The lowest BCUT2D eigenvalue weighted by molar-refractivity contribution is -0.145. The molecule has 4 nitrogen and oxygen atoms in total. The lowest BCUT2D eigenvalue weighted by Crippen LogP contribution is -2.40. The number of carbonyl (C=O) groups is 2. The molecule has 1 fully saturated rings. The fourth-order valence-corrected chi connectivity index (χ4v) is 2.14. The Hall–Kier alpha value is -1.06. The molecule has 1 saturated heterocycles. The van der Waals surface area contributed by atoms with E-state index in [9.17, 15) is 9.59 Å². The van der Waals surface area contributed by atoms with Gasteiger partial charge in [-0.25, -0.2) is 0 Å². The Kier molecular flexibility index (Phi) is 3.49. The second kappa shape index (κ2) is 4.44. The van der Waals surface area contributed by atoms with E-state index in [2.05, 4.69) is 0 Å². The third-order valence-electron chi connectivity index (χ3n) is 2.85. The Morgan fingerprint density at radius 1 is 1.43 bits per heavy atom. The molecule has 1 heterocycles. The van der Waals surface area contributed by atoms with Crippen molar-refractivity contribution in [1.29, 1.82) is 0 Å². The molecular weight excluding hydrogens is 182 g/mol. The van der Waals surface area contributed by atoms with Crippen LogP contribution in [0.15, 0.2) is 0 Å². The van der Waals surface area contributed by atoms with Crippen LogP contribution >= 0.6 is 0 Å². The van der Waals surface area contributed by atoms with Gasteiger partial charge in [0.25, 0.3) is 0 Å². The number of amides is 1. The van der Waals surface area contributed by atoms with Gasteiger partial charge in [0.2, 0.25) is 5.91 Å². The van der Waals surface area contributed by atoms with Gasteiger partial charge in [0.1, 0.15) is 6.42 Å². The molecular formula is C10H17NO3. The van der Waals surface area contributed by atoms with Crippen molar-refractivity contribution in [2.75, 3.05) is 0 Å². The molecule has 0 aromatic carbocycles. The molecule has 1 rings (SSSR count). The molecule has 2 unspecified atom stereocenters. The highest BCUT2D eigenvalue weighted by molar-refractivity contribution is 5.93. The Balaban J connectivity index is 2.63. The number of carboxylic acids is 1. The molecule has 1 N–H and O–H groups in total. The highest BCUT2D eigenvalue weighted by atomic mass is 16.4. The predicted octanol–water partition coefficient (Wildman–Crippen LogP) is 1.25. The zero-order valence-electron chi connectivity index (χ0n) is 8.69. The topological polar surface area (TPSA) is 57.6 Å². The van der Waals surface area contributed by atoms with Crippen molar-refractivity contribution in [1.82, 2.24) is 4.90 Å². The quantitative estimate of drug-likeness (QED) is 0.696. The standard InChI is InChI=1S/C10H17NO3/c1-3-8-5-4-7(2)11(8)9(12)6-10(13)14/h7-8H,3-6H2,1-2H3,(H,13,14). The molecule has 4 heteroatoms. The summed E-state index contributed by atoms with van der Waals surface area (Å²) in [5, 5.41) is 8.54. The van der Waals surface area contributed by atoms with Crippen molar-refractivity contribution < 1.29 is 14.7 Å². The van der Waals surface area contributed by atoms with Crippen molar-refractivity contribution in [3.63, 3.8) is 0 Å². The summed E-state index contributed by atoms with van der Waals surface area (Å²) in [5.41, 5.74) is 0. The summed E-state index contributed by atoms with van der Waals surface area (Å²) in [4.78, 5) is 23.7. The summed E-state index contributed by atoms with van der Waals surface area (Å²) in [6, 6.07) is 0.448. The molecule has 0 bridgehead atoms. The van der Waals surface area contributed by atoms with Crippen LogP contribution < -0.4 is 0 Å². The molecule has 0 radical (unpaired) electrons. The SMILES string of the molecule is CCC1CCC(C)N1C(=O)CC(=O)O. The molecule has 1 aliphatic rings. The highest BCUT2D eigenvalue weighted by Gasteiger charge is 2.33. The van der Waals surface area contributed by atoms with E-state index < -0.39 is 5.97 Å². The summed E-state index contributed by atoms with van der Waals surface area (Å²) >= 11 is 0. The van der Waals surface area contributed by atoms with Crippen LogP contribution in [-0.4, -0.2) is 34.0 Å². The summed E-state index contributed by atoms with van der Waals surface area (Å²) in [7, 11) is 0. The molecule has 0 saturated carbocycles. The molecule has 14 heavy (non-hydrogen) atoms. The molecule has 0 spiro atoms. The molecule has 0 aromatic rings. The maximum absolute atomic E-state index is 11.6. The molecule has 2 atom stereocenters. The first-order valence-corrected chi connectivity index (χ1v) is 5.09. The maximum atomic E-state index is 11.6. The second-order valence-electron chi connectivity index (χ2n) is 3.86. The Labute approximate surface area is 83.9 Å². The average molecular weight is 199 g/mol. The fraction of sp³-hybridized carbons (Fsp3) is 0.800. The van der Waals surface area contributed by atoms with E-state index in [4.69, 9.17) is 5.11 Å². The molecule has 1 aliphatic heterocycles. The fourth-order valence-electron chi connectivity index (χ4n) is 2.14. The van der Waals surface area contributed by atoms with Crippen LogP contribution in [0.25, 0.3) is 0 Å². The second-order valence-corrected chi connectivity index (χ2v) is 3.86. The minimum Gasteiger partial charge on any atom is -0.481 e. The van der Waals surface area contributed by atoms with E-state index >= 15 is 0 Å². The van der Waals surface area contributed by atoms with Crippen LogP contribution in [-0.2, 0) is 9.59 Å². The number of carbonyl (C=O) groups excluding carboxylic acids is 1. The smallest absolute Gasteiger partial charge is 0.312 e. The van der Waals surface area contributed by atoms with Crippen molar-refractivity contribution in [2.45, 2.75) is 51.6 Å². The zero-order valence-corrected chi connectivity index (χ0v) is 8.69. The van der Waals surface area contributed by atoms with Crippen LogP contribution in [0.1, 0.15) is 39.5 Å². The molecule has 80 valence electrons. The number of rotatable bonds is 3. The minimum atomic E-state index is -1.04. The van der Waals surface area contributed by atoms with Crippen LogP contribution in [0.2, 0.25) is 0 Å². The number of hydrogen-bond acceptors (Lipinski definition) is 2. The van der Waals surface area contributed by atoms with Gasteiger partial charge in [-0.05, 0) is 26.2 Å². The van der Waals surface area contributed by atoms with Crippen molar-refractivity contribution in [2.24, 2.45) is 0 Å². The van der Waals surface area contributed by atoms with E-state index in [1.54, 1.807) is 4.90 Å². The highest BCUT2D eigenvalue weighted by Crippen LogP contribution is 2.26.